The Morgan fingerprint density at radius 3 is 2.67 bits per heavy atom. The van der Waals surface area contributed by atoms with E-state index in [4.69, 9.17) is 0 Å². The van der Waals surface area contributed by atoms with E-state index in [1.165, 1.54) is 0 Å². The number of alkyl halides is 1. The fraction of sp³-hybridized carbons (Fsp3) is 1.00. The molecule has 12 heavy (non-hydrogen) atoms. The van der Waals surface area contributed by atoms with Crippen molar-refractivity contribution in [2.24, 2.45) is 0 Å². The van der Waals surface area contributed by atoms with E-state index in [-0.39, 0.29) is 6.67 Å². The number of rotatable bonds is 3. The molecular formula is C9H19FN2. The minimum atomic E-state index is -0.209. The summed E-state index contributed by atoms with van der Waals surface area (Å²) in [5.41, 5.74) is 0. The second kappa shape index (κ2) is 4.77. The van der Waals surface area contributed by atoms with Crippen LogP contribution in [0.1, 0.15) is 13.8 Å². The van der Waals surface area contributed by atoms with Gasteiger partial charge in [0.2, 0.25) is 0 Å². The summed E-state index contributed by atoms with van der Waals surface area (Å²) in [6.07, 6.45) is 0. The molecule has 1 aliphatic heterocycles. The van der Waals surface area contributed by atoms with Gasteiger partial charge in [0.1, 0.15) is 6.67 Å². The summed E-state index contributed by atoms with van der Waals surface area (Å²) in [5, 5.41) is 0. The van der Waals surface area contributed by atoms with Gasteiger partial charge in [-0.05, 0) is 13.5 Å². The van der Waals surface area contributed by atoms with Crippen molar-refractivity contribution in [3.63, 3.8) is 0 Å². The first kappa shape index (κ1) is 9.93. The molecule has 0 spiro atoms. The summed E-state index contributed by atoms with van der Waals surface area (Å²) in [6, 6.07) is 0.593. The minimum absolute atomic E-state index is 0.209. The lowest BCUT2D eigenvalue weighted by atomic mass is 10.2. The van der Waals surface area contributed by atoms with Crippen molar-refractivity contribution >= 4 is 0 Å². The minimum Gasteiger partial charge on any atom is -0.298 e. The predicted molar refractivity (Wildman–Crippen MR) is 49.1 cm³/mol. The number of halogens is 1. The normalized spacial score (nSPS) is 27.8. The first-order valence-electron chi connectivity index (χ1n) is 4.80. The molecule has 1 unspecified atom stereocenters. The average Bonchev–Trinajstić information content (AvgIpc) is 2.05. The van der Waals surface area contributed by atoms with Crippen LogP contribution in [0.15, 0.2) is 0 Å². The zero-order chi connectivity index (χ0) is 8.97. The van der Waals surface area contributed by atoms with E-state index < -0.39 is 0 Å². The van der Waals surface area contributed by atoms with Gasteiger partial charge in [-0.25, -0.2) is 4.39 Å². The molecule has 1 fully saturated rings. The molecule has 2 nitrogen and oxygen atoms in total. The number of likely N-dealkylation sites (N-methyl/N-ethyl adjacent to an activating group) is 1. The van der Waals surface area contributed by atoms with Gasteiger partial charge in [-0.1, -0.05) is 6.92 Å². The Hall–Kier alpha value is -0.150. The highest BCUT2D eigenvalue weighted by Crippen LogP contribution is 2.07. The largest absolute Gasteiger partial charge is 0.298 e. The molecule has 72 valence electrons. The summed E-state index contributed by atoms with van der Waals surface area (Å²) < 4.78 is 12.0. The molecule has 3 heteroatoms. The topological polar surface area (TPSA) is 6.48 Å². The Morgan fingerprint density at radius 1 is 1.42 bits per heavy atom. The van der Waals surface area contributed by atoms with Crippen molar-refractivity contribution < 1.29 is 4.39 Å². The SMILES string of the molecule is CCN1CCN(CCF)CC1C. The Balaban J connectivity index is 2.30. The van der Waals surface area contributed by atoms with E-state index in [9.17, 15) is 4.39 Å². The van der Waals surface area contributed by atoms with Crippen LogP contribution in [-0.2, 0) is 0 Å². The van der Waals surface area contributed by atoms with Gasteiger partial charge in [-0.2, -0.15) is 0 Å². The molecule has 0 amide bonds. The summed E-state index contributed by atoms with van der Waals surface area (Å²) in [6.45, 7) is 9.07. The maximum absolute atomic E-state index is 12.0. The van der Waals surface area contributed by atoms with Gasteiger partial charge in [0, 0.05) is 32.2 Å². The molecule has 0 bridgehead atoms. The smallest absolute Gasteiger partial charge is 0.102 e. The molecule has 0 saturated carbocycles. The van der Waals surface area contributed by atoms with Crippen LogP contribution in [0.25, 0.3) is 0 Å². The number of hydrogen-bond donors (Lipinski definition) is 0. The molecule has 0 aromatic rings. The van der Waals surface area contributed by atoms with Crippen molar-refractivity contribution in [2.45, 2.75) is 19.9 Å². The fourth-order valence-corrected chi connectivity index (χ4v) is 1.86. The molecule has 1 rings (SSSR count). The molecule has 1 atom stereocenters. The van der Waals surface area contributed by atoms with Crippen molar-refractivity contribution in [3.05, 3.63) is 0 Å². The van der Waals surface area contributed by atoms with Crippen LogP contribution in [0.2, 0.25) is 0 Å². The standard InChI is InChI=1S/C9H19FN2/c1-3-12-7-6-11(5-4-10)8-9(12)2/h9H,3-8H2,1-2H3. The van der Waals surface area contributed by atoms with E-state index in [2.05, 4.69) is 23.6 Å². The van der Waals surface area contributed by atoms with Crippen molar-refractivity contribution in [2.75, 3.05) is 39.4 Å². The summed E-state index contributed by atoms with van der Waals surface area (Å²) >= 11 is 0. The van der Waals surface area contributed by atoms with E-state index >= 15 is 0 Å². The third-order valence-corrected chi connectivity index (χ3v) is 2.66. The zero-order valence-corrected chi connectivity index (χ0v) is 8.09. The fourth-order valence-electron chi connectivity index (χ4n) is 1.86. The lowest BCUT2D eigenvalue weighted by Crippen LogP contribution is -2.51. The molecule has 0 radical (unpaired) electrons. The van der Waals surface area contributed by atoms with Crippen LogP contribution in [0, 0.1) is 0 Å². The summed E-state index contributed by atoms with van der Waals surface area (Å²) in [7, 11) is 0. The first-order chi connectivity index (χ1) is 5.77. The van der Waals surface area contributed by atoms with Gasteiger partial charge in [-0.15, -0.1) is 0 Å². The van der Waals surface area contributed by atoms with E-state index in [0.29, 0.717) is 12.6 Å². The van der Waals surface area contributed by atoms with Gasteiger partial charge in [-0.3, -0.25) is 9.80 Å². The van der Waals surface area contributed by atoms with Crippen molar-refractivity contribution in [1.29, 1.82) is 0 Å². The number of piperazine rings is 1. The molecule has 1 aliphatic rings. The maximum Gasteiger partial charge on any atom is 0.102 e. The van der Waals surface area contributed by atoms with E-state index in [0.717, 1.165) is 26.2 Å². The van der Waals surface area contributed by atoms with Crippen molar-refractivity contribution in [1.82, 2.24) is 9.80 Å². The van der Waals surface area contributed by atoms with Crippen LogP contribution in [-0.4, -0.2) is 55.2 Å². The third kappa shape index (κ3) is 2.42. The lowest BCUT2D eigenvalue weighted by Gasteiger charge is -2.38. The van der Waals surface area contributed by atoms with Crippen LogP contribution >= 0.6 is 0 Å². The van der Waals surface area contributed by atoms with E-state index in [1.54, 1.807) is 0 Å². The van der Waals surface area contributed by atoms with Crippen LogP contribution in [0.4, 0.5) is 4.39 Å². The second-order valence-corrected chi connectivity index (χ2v) is 3.47. The molecule has 0 aliphatic carbocycles. The van der Waals surface area contributed by atoms with Gasteiger partial charge in [0.05, 0.1) is 0 Å². The van der Waals surface area contributed by atoms with Crippen LogP contribution < -0.4 is 0 Å². The van der Waals surface area contributed by atoms with Gasteiger partial charge in [0.15, 0.2) is 0 Å². The monoisotopic (exact) mass is 174 g/mol. The average molecular weight is 174 g/mol. The molecule has 0 N–H and O–H groups in total. The van der Waals surface area contributed by atoms with Gasteiger partial charge in [0.25, 0.3) is 0 Å². The highest BCUT2D eigenvalue weighted by Gasteiger charge is 2.21. The van der Waals surface area contributed by atoms with Crippen molar-refractivity contribution in [3.8, 4) is 0 Å². The molecular weight excluding hydrogens is 155 g/mol. The molecule has 0 aromatic carbocycles. The predicted octanol–water partition coefficient (Wildman–Crippen LogP) is 0.982. The lowest BCUT2D eigenvalue weighted by molar-refractivity contribution is 0.0839. The highest BCUT2D eigenvalue weighted by molar-refractivity contribution is 4.77. The zero-order valence-electron chi connectivity index (χ0n) is 8.09. The Labute approximate surface area is 74.3 Å². The van der Waals surface area contributed by atoms with Crippen LogP contribution in [0.5, 0.6) is 0 Å². The Morgan fingerprint density at radius 2 is 2.17 bits per heavy atom. The first-order valence-corrected chi connectivity index (χ1v) is 4.80. The third-order valence-electron chi connectivity index (χ3n) is 2.66. The molecule has 1 saturated heterocycles. The van der Waals surface area contributed by atoms with Gasteiger partial charge >= 0.3 is 0 Å². The molecule has 1 heterocycles. The summed E-state index contributed by atoms with van der Waals surface area (Å²) in [5.74, 6) is 0. The Bertz CT molecular complexity index is 130. The number of hydrogen-bond acceptors (Lipinski definition) is 2. The maximum atomic E-state index is 12.0. The summed E-state index contributed by atoms with van der Waals surface area (Å²) in [4.78, 5) is 4.64. The second-order valence-electron chi connectivity index (χ2n) is 3.47. The van der Waals surface area contributed by atoms with Gasteiger partial charge < -0.3 is 0 Å². The highest BCUT2D eigenvalue weighted by atomic mass is 19.1. The quantitative estimate of drug-likeness (QED) is 0.629. The molecule has 0 aromatic heterocycles. The van der Waals surface area contributed by atoms with Crippen LogP contribution in [0.3, 0.4) is 0 Å². The number of nitrogens with zero attached hydrogens (tertiary/aromatic N) is 2. The van der Waals surface area contributed by atoms with E-state index in [1.807, 2.05) is 0 Å². The Kier molecular flexibility index (Phi) is 3.95.